The Morgan fingerprint density at radius 1 is 0.393 bits per heavy atom. The van der Waals surface area contributed by atoms with Crippen molar-refractivity contribution in [1.82, 2.24) is 0 Å². The molecule has 56 heavy (non-hydrogen) atoms. The van der Waals surface area contributed by atoms with Gasteiger partial charge in [-0.3, -0.25) is 0 Å². The van der Waals surface area contributed by atoms with Gasteiger partial charge in [0.2, 0.25) is 0 Å². The molecule has 8 aromatic carbocycles. The fourth-order valence-corrected chi connectivity index (χ4v) is 11.1. The monoisotopic (exact) mass is 736 g/mol. The summed E-state index contributed by atoms with van der Waals surface area (Å²) < 4.78 is 2.64. The lowest BCUT2D eigenvalue weighted by atomic mass is 9.73. The predicted octanol–water partition coefficient (Wildman–Crippen LogP) is 14.8. The van der Waals surface area contributed by atoms with Gasteiger partial charge in [-0.2, -0.15) is 0 Å². The zero-order valence-electron chi connectivity index (χ0n) is 31.1. The fourth-order valence-electron chi connectivity index (χ4n) is 9.94. The minimum Gasteiger partial charge on any atom is -0.310 e. The quantitative estimate of drug-likeness (QED) is 0.161. The van der Waals surface area contributed by atoms with E-state index in [2.05, 4.69) is 204 Å². The highest BCUT2D eigenvalue weighted by molar-refractivity contribution is 7.26. The first kappa shape index (κ1) is 33.0. The smallest absolute Gasteiger partial charge is 0.0505 e. The maximum Gasteiger partial charge on any atom is 0.0505 e. The lowest BCUT2D eigenvalue weighted by Crippen LogP contribution is -2.25. The van der Waals surface area contributed by atoms with Gasteiger partial charge in [-0.1, -0.05) is 121 Å². The molecule has 2 aliphatic carbocycles. The third-order valence-electron chi connectivity index (χ3n) is 12.2. The van der Waals surface area contributed by atoms with Crippen LogP contribution in [-0.2, 0) is 18.3 Å². The molecule has 1 spiro atoms. The van der Waals surface area contributed by atoms with E-state index < -0.39 is 0 Å². The number of aryl methyl sites for hydroxylation is 2. The molecular weight excluding hydrogens is 697 g/mol. The second-order valence-electron chi connectivity index (χ2n) is 15.2. The Balaban J connectivity index is 1.09. The number of anilines is 6. The molecule has 0 saturated heterocycles. The molecule has 0 N–H and O–H groups in total. The van der Waals surface area contributed by atoms with E-state index in [4.69, 9.17) is 0 Å². The summed E-state index contributed by atoms with van der Waals surface area (Å²) in [6, 6.07) is 71.4. The second kappa shape index (κ2) is 13.4. The van der Waals surface area contributed by atoms with Gasteiger partial charge in [0.1, 0.15) is 0 Å². The van der Waals surface area contributed by atoms with Crippen LogP contribution in [0.2, 0.25) is 0 Å². The van der Waals surface area contributed by atoms with E-state index >= 15 is 0 Å². The van der Waals surface area contributed by atoms with Crippen LogP contribution in [0.15, 0.2) is 194 Å². The number of para-hydroxylation sites is 4. The molecule has 0 aliphatic heterocycles. The Bertz CT molecular complexity index is 2780. The number of nitrogens with zero attached hydrogens (tertiary/aromatic N) is 2. The van der Waals surface area contributed by atoms with Crippen molar-refractivity contribution in [2.45, 2.75) is 31.1 Å². The maximum absolute atomic E-state index is 2.49. The molecule has 2 aliphatic rings. The highest BCUT2D eigenvalue weighted by Crippen LogP contribution is 2.59. The van der Waals surface area contributed by atoms with Crippen molar-refractivity contribution >= 4 is 65.6 Å². The molecule has 268 valence electrons. The highest BCUT2D eigenvalue weighted by Gasteiger charge is 2.48. The van der Waals surface area contributed by atoms with Crippen molar-refractivity contribution in [2.24, 2.45) is 0 Å². The Hall–Kier alpha value is -6.42. The molecular formula is C53H40N2S. The first-order valence-corrected chi connectivity index (χ1v) is 20.6. The molecule has 1 atom stereocenters. The van der Waals surface area contributed by atoms with Gasteiger partial charge in [0.25, 0.3) is 0 Å². The molecule has 0 radical (unpaired) electrons. The van der Waals surface area contributed by atoms with Gasteiger partial charge in [-0.15, -0.1) is 11.3 Å². The van der Waals surface area contributed by atoms with Crippen LogP contribution in [0.4, 0.5) is 34.1 Å². The van der Waals surface area contributed by atoms with E-state index in [1.807, 2.05) is 11.3 Å². The summed E-state index contributed by atoms with van der Waals surface area (Å²) in [6.45, 7) is 0. The van der Waals surface area contributed by atoms with Crippen molar-refractivity contribution in [2.75, 3.05) is 9.80 Å². The van der Waals surface area contributed by atoms with Gasteiger partial charge in [0.15, 0.2) is 0 Å². The number of hydrogen-bond donors (Lipinski definition) is 0. The summed E-state index contributed by atoms with van der Waals surface area (Å²) >= 11 is 1.91. The molecule has 0 unspecified atom stereocenters. The Kier molecular flexibility index (Phi) is 7.89. The minimum atomic E-state index is -0.0767. The lowest BCUT2D eigenvalue weighted by Gasteiger charge is -2.35. The molecule has 11 rings (SSSR count). The normalized spacial score (nSPS) is 15.6. The van der Waals surface area contributed by atoms with Crippen molar-refractivity contribution in [3.63, 3.8) is 0 Å². The number of fused-ring (bicyclic) bond motifs is 7. The first-order valence-electron chi connectivity index (χ1n) is 19.8. The van der Waals surface area contributed by atoms with Gasteiger partial charge in [-0.05, 0) is 132 Å². The van der Waals surface area contributed by atoms with Crippen molar-refractivity contribution in [3.8, 4) is 11.1 Å². The minimum absolute atomic E-state index is 0.0767. The van der Waals surface area contributed by atoms with Gasteiger partial charge in [-0.25, -0.2) is 0 Å². The first-order chi connectivity index (χ1) is 27.8. The summed E-state index contributed by atoms with van der Waals surface area (Å²) in [5.41, 5.74) is 15.8. The molecule has 3 heteroatoms. The molecule has 1 aromatic heterocycles. The second-order valence-corrected chi connectivity index (χ2v) is 16.3. The molecule has 9 aromatic rings. The molecule has 2 nitrogen and oxygen atoms in total. The van der Waals surface area contributed by atoms with E-state index in [9.17, 15) is 0 Å². The molecule has 1 heterocycles. The zero-order chi connectivity index (χ0) is 37.1. The Morgan fingerprint density at radius 3 is 1.52 bits per heavy atom. The van der Waals surface area contributed by atoms with Crippen molar-refractivity contribution < 1.29 is 0 Å². The molecule has 0 bridgehead atoms. The average molecular weight is 737 g/mol. The van der Waals surface area contributed by atoms with Gasteiger partial charge < -0.3 is 9.80 Å². The summed E-state index contributed by atoms with van der Waals surface area (Å²) in [5, 5.41) is 2.68. The van der Waals surface area contributed by atoms with Crippen LogP contribution in [-0.4, -0.2) is 0 Å². The largest absolute Gasteiger partial charge is 0.310 e. The summed E-state index contributed by atoms with van der Waals surface area (Å²) in [5.74, 6) is 0. The SMILES string of the molecule is c1ccc(N(c2ccccc2)c2ccc3c(c2)sc2cccc(-c4cccc5c4[C@@]4(CC5)CCc5cccc(N(c6ccccc6)c6ccccc6)c54)c23)cc1. The molecule has 0 fully saturated rings. The van der Waals surface area contributed by atoms with Crippen LogP contribution >= 0.6 is 11.3 Å². The zero-order valence-corrected chi connectivity index (χ0v) is 31.9. The van der Waals surface area contributed by atoms with Crippen LogP contribution in [0.5, 0.6) is 0 Å². The number of thiophene rings is 1. The van der Waals surface area contributed by atoms with Crippen molar-refractivity contribution in [1.29, 1.82) is 0 Å². The molecule has 0 amide bonds. The fraction of sp³-hybridized carbons (Fsp3) is 0.0943. The van der Waals surface area contributed by atoms with Gasteiger partial charge in [0.05, 0.1) is 5.69 Å². The highest BCUT2D eigenvalue weighted by atomic mass is 32.1. The predicted molar refractivity (Wildman–Crippen MR) is 238 cm³/mol. The van der Waals surface area contributed by atoms with Crippen molar-refractivity contribution in [3.05, 3.63) is 216 Å². The van der Waals surface area contributed by atoms with Crippen LogP contribution in [0.3, 0.4) is 0 Å². The van der Waals surface area contributed by atoms with Gasteiger partial charge >= 0.3 is 0 Å². The van der Waals surface area contributed by atoms with E-state index in [0.29, 0.717) is 0 Å². The summed E-state index contributed by atoms with van der Waals surface area (Å²) in [4.78, 5) is 4.85. The van der Waals surface area contributed by atoms with E-state index in [-0.39, 0.29) is 5.41 Å². The third-order valence-corrected chi connectivity index (χ3v) is 13.3. The van der Waals surface area contributed by atoms with E-state index in [1.165, 1.54) is 76.3 Å². The Morgan fingerprint density at radius 2 is 0.911 bits per heavy atom. The van der Waals surface area contributed by atoms with Crippen LogP contribution in [0.1, 0.15) is 35.1 Å². The topological polar surface area (TPSA) is 6.48 Å². The maximum atomic E-state index is 2.49. The standard InChI is InChI=1S/C53H40N2S/c1-5-18-39(19-6-1)54(40-20-7-2-8-21-40)43-30-31-46-49(36-43)56-48-29-15-26-44(50(46)48)45-27-13-16-37-32-34-53(51(37)45)35-33-38-17-14-28-47(52(38)53)55(41-22-9-3-10-23-41)42-24-11-4-12-25-42/h1-31,36H,32-35H2/t53-/m1/s1. The third kappa shape index (κ3) is 5.22. The molecule has 0 saturated carbocycles. The number of rotatable bonds is 7. The lowest BCUT2D eigenvalue weighted by molar-refractivity contribution is 0.509. The van der Waals surface area contributed by atoms with E-state index in [1.54, 1.807) is 0 Å². The number of hydrogen-bond acceptors (Lipinski definition) is 3. The number of benzene rings is 8. The van der Waals surface area contributed by atoms with Crippen LogP contribution < -0.4 is 9.80 Å². The summed E-state index contributed by atoms with van der Waals surface area (Å²) in [6.07, 6.45) is 4.42. The van der Waals surface area contributed by atoms with Gasteiger partial charge in [0, 0.05) is 54.0 Å². The Labute approximate surface area is 332 Å². The van der Waals surface area contributed by atoms with Crippen LogP contribution in [0.25, 0.3) is 31.3 Å². The van der Waals surface area contributed by atoms with E-state index in [0.717, 1.165) is 37.1 Å². The van der Waals surface area contributed by atoms with Crippen LogP contribution in [0, 0.1) is 0 Å². The average Bonchev–Trinajstić information content (AvgIpc) is 3.96. The summed E-state index contributed by atoms with van der Waals surface area (Å²) in [7, 11) is 0.